The Morgan fingerprint density at radius 3 is 2.67 bits per heavy atom. The zero-order chi connectivity index (χ0) is 9.35. The minimum atomic E-state index is -1.26. The number of nitrogens with zero attached hydrogens (tertiary/aromatic N) is 2. The molecular weight excluding hydrogens is 152 g/mol. The molecule has 0 aliphatic carbocycles. The van der Waals surface area contributed by atoms with Gasteiger partial charge in [-0.25, -0.2) is 4.98 Å². The van der Waals surface area contributed by atoms with Crippen molar-refractivity contribution < 1.29 is 5.11 Å². The zero-order valence-corrected chi connectivity index (χ0v) is 7.50. The van der Waals surface area contributed by atoms with E-state index in [-0.39, 0.29) is 0 Å². The Balaban J connectivity index is 3.14. The van der Waals surface area contributed by atoms with Crippen LogP contribution < -0.4 is 0 Å². The monoisotopic (exact) mass is 164 g/mol. The molecule has 0 saturated carbocycles. The van der Waals surface area contributed by atoms with Crippen LogP contribution in [0.2, 0.25) is 0 Å². The lowest BCUT2D eigenvalue weighted by Gasteiger charge is -2.11. The standard InChI is InChI=1S/C9H12N2O/c1-5-9(3,12)8-6-11(4)7(2)10-8/h1,6,12H,2-4H3. The van der Waals surface area contributed by atoms with Crippen molar-refractivity contribution in [2.24, 2.45) is 7.05 Å². The second-order valence-electron chi connectivity index (χ2n) is 3.00. The minimum absolute atomic E-state index is 0.519. The van der Waals surface area contributed by atoms with Gasteiger partial charge in [0, 0.05) is 13.2 Å². The molecule has 0 amide bonds. The summed E-state index contributed by atoms with van der Waals surface area (Å²) >= 11 is 0. The summed E-state index contributed by atoms with van der Waals surface area (Å²) in [7, 11) is 1.86. The van der Waals surface area contributed by atoms with Crippen LogP contribution in [-0.2, 0) is 12.6 Å². The van der Waals surface area contributed by atoms with E-state index in [0.29, 0.717) is 5.69 Å². The van der Waals surface area contributed by atoms with Gasteiger partial charge in [0.25, 0.3) is 0 Å². The summed E-state index contributed by atoms with van der Waals surface area (Å²) in [6.45, 7) is 3.41. The Labute approximate surface area is 72.1 Å². The molecule has 0 saturated heterocycles. The Morgan fingerprint density at radius 2 is 2.33 bits per heavy atom. The predicted octanol–water partition coefficient (Wildman–Crippen LogP) is 0.569. The maximum atomic E-state index is 9.62. The molecule has 1 heterocycles. The lowest BCUT2D eigenvalue weighted by molar-refractivity contribution is 0.118. The van der Waals surface area contributed by atoms with Crippen molar-refractivity contribution in [3.05, 3.63) is 17.7 Å². The molecule has 0 aliphatic rings. The molecule has 0 bridgehead atoms. The molecule has 1 aromatic rings. The van der Waals surface area contributed by atoms with Crippen molar-refractivity contribution >= 4 is 0 Å². The van der Waals surface area contributed by atoms with Crippen LogP contribution in [0.5, 0.6) is 0 Å². The Bertz CT molecular complexity index is 311. The van der Waals surface area contributed by atoms with Crippen LogP contribution >= 0.6 is 0 Å². The molecule has 1 rings (SSSR count). The van der Waals surface area contributed by atoms with Crippen molar-refractivity contribution in [3.8, 4) is 12.3 Å². The molecule has 3 heteroatoms. The van der Waals surface area contributed by atoms with Crippen molar-refractivity contribution in [3.63, 3.8) is 0 Å². The van der Waals surface area contributed by atoms with Crippen LogP contribution in [0, 0.1) is 19.3 Å². The van der Waals surface area contributed by atoms with Crippen molar-refractivity contribution in [2.45, 2.75) is 19.4 Å². The second kappa shape index (κ2) is 2.65. The predicted molar refractivity (Wildman–Crippen MR) is 46.3 cm³/mol. The first-order chi connectivity index (χ1) is 5.47. The molecule has 0 aliphatic heterocycles. The average molecular weight is 164 g/mol. The van der Waals surface area contributed by atoms with Gasteiger partial charge in [0.2, 0.25) is 0 Å². The number of hydrogen-bond acceptors (Lipinski definition) is 2. The van der Waals surface area contributed by atoms with Crippen LogP contribution in [0.4, 0.5) is 0 Å². The largest absolute Gasteiger partial charge is 0.372 e. The topological polar surface area (TPSA) is 38.0 Å². The third-order valence-corrected chi connectivity index (χ3v) is 1.89. The third kappa shape index (κ3) is 1.34. The van der Waals surface area contributed by atoms with Crippen molar-refractivity contribution in [1.82, 2.24) is 9.55 Å². The Kier molecular flexibility index (Phi) is 1.95. The van der Waals surface area contributed by atoms with Crippen LogP contribution in [0.25, 0.3) is 0 Å². The van der Waals surface area contributed by atoms with Gasteiger partial charge < -0.3 is 9.67 Å². The fourth-order valence-electron chi connectivity index (χ4n) is 0.867. The molecule has 0 radical (unpaired) electrons. The van der Waals surface area contributed by atoms with E-state index in [0.717, 1.165) is 5.82 Å². The summed E-state index contributed by atoms with van der Waals surface area (Å²) in [5.74, 6) is 3.11. The highest BCUT2D eigenvalue weighted by Crippen LogP contribution is 2.17. The highest BCUT2D eigenvalue weighted by atomic mass is 16.3. The van der Waals surface area contributed by atoms with Gasteiger partial charge in [-0.1, -0.05) is 5.92 Å². The molecule has 1 aromatic heterocycles. The molecule has 3 nitrogen and oxygen atoms in total. The summed E-state index contributed by atoms with van der Waals surface area (Å²) < 4.78 is 1.82. The van der Waals surface area contributed by atoms with Crippen LogP contribution in [0.3, 0.4) is 0 Å². The molecule has 64 valence electrons. The molecule has 12 heavy (non-hydrogen) atoms. The maximum Gasteiger partial charge on any atom is 0.166 e. The normalized spacial score (nSPS) is 15.2. The Hall–Kier alpha value is -1.27. The third-order valence-electron chi connectivity index (χ3n) is 1.89. The number of aryl methyl sites for hydroxylation is 2. The van der Waals surface area contributed by atoms with E-state index in [1.54, 1.807) is 13.1 Å². The first kappa shape index (κ1) is 8.82. The van der Waals surface area contributed by atoms with Crippen molar-refractivity contribution in [1.29, 1.82) is 0 Å². The maximum absolute atomic E-state index is 9.62. The zero-order valence-electron chi connectivity index (χ0n) is 7.50. The summed E-state index contributed by atoms with van der Waals surface area (Å²) in [4.78, 5) is 4.12. The molecule has 1 unspecified atom stereocenters. The first-order valence-corrected chi connectivity index (χ1v) is 3.68. The molecule has 0 aromatic carbocycles. The van der Waals surface area contributed by atoms with Gasteiger partial charge in [0.1, 0.15) is 11.5 Å². The molecule has 1 N–H and O–H groups in total. The van der Waals surface area contributed by atoms with Gasteiger partial charge in [-0.05, 0) is 13.8 Å². The first-order valence-electron chi connectivity index (χ1n) is 3.68. The van der Waals surface area contributed by atoms with E-state index in [2.05, 4.69) is 10.9 Å². The minimum Gasteiger partial charge on any atom is -0.372 e. The van der Waals surface area contributed by atoms with E-state index in [1.165, 1.54) is 0 Å². The van der Waals surface area contributed by atoms with Gasteiger partial charge in [-0.15, -0.1) is 6.42 Å². The van der Waals surface area contributed by atoms with Gasteiger partial charge in [-0.3, -0.25) is 0 Å². The van der Waals surface area contributed by atoms with Gasteiger partial charge >= 0.3 is 0 Å². The molecule has 0 fully saturated rings. The summed E-state index contributed by atoms with van der Waals surface area (Å²) in [6, 6.07) is 0. The number of aromatic nitrogens is 2. The summed E-state index contributed by atoms with van der Waals surface area (Å²) in [6.07, 6.45) is 6.88. The SMILES string of the molecule is C#CC(C)(O)c1cn(C)c(C)n1. The fourth-order valence-corrected chi connectivity index (χ4v) is 0.867. The quantitative estimate of drug-likeness (QED) is 0.616. The van der Waals surface area contributed by atoms with Crippen LogP contribution in [0.1, 0.15) is 18.4 Å². The highest BCUT2D eigenvalue weighted by molar-refractivity contribution is 5.21. The molecule has 0 spiro atoms. The summed E-state index contributed by atoms with van der Waals surface area (Å²) in [5.41, 5.74) is -0.739. The highest BCUT2D eigenvalue weighted by Gasteiger charge is 2.22. The van der Waals surface area contributed by atoms with Gasteiger partial charge in [0.05, 0.1) is 0 Å². The Morgan fingerprint density at radius 1 is 1.75 bits per heavy atom. The van der Waals surface area contributed by atoms with E-state index in [9.17, 15) is 5.11 Å². The fraction of sp³-hybridized carbons (Fsp3) is 0.444. The lowest BCUT2D eigenvalue weighted by atomic mass is 10.1. The smallest absolute Gasteiger partial charge is 0.166 e. The summed E-state index contributed by atoms with van der Waals surface area (Å²) in [5, 5.41) is 9.62. The molecular formula is C9H12N2O. The van der Waals surface area contributed by atoms with E-state index < -0.39 is 5.60 Å². The van der Waals surface area contributed by atoms with Gasteiger partial charge in [0.15, 0.2) is 5.60 Å². The second-order valence-corrected chi connectivity index (χ2v) is 3.00. The number of aliphatic hydroxyl groups is 1. The average Bonchev–Trinajstić information content (AvgIpc) is 2.33. The van der Waals surface area contributed by atoms with Gasteiger partial charge in [-0.2, -0.15) is 0 Å². The number of terminal acetylenes is 1. The van der Waals surface area contributed by atoms with Crippen molar-refractivity contribution in [2.75, 3.05) is 0 Å². The lowest BCUT2D eigenvalue weighted by Crippen LogP contribution is -2.18. The number of hydrogen-bond donors (Lipinski definition) is 1. The van der Waals surface area contributed by atoms with Crippen LogP contribution in [-0.4, -0.2) is 14.7 Å². The van der Waals surface area contributed by atoms with E-state index in [1.807, 2.05) is 18.5 Å². The molecule has 1 atom stereocenters. The number of imidazole rings is 1. The van der Waals surface area contributed by atoms with E-state index >= 15 is 0 Å². The number of rotatable bonds is 1. The van der Waals surface area contributed by atoms with E-state index in [4.69, 9.17) is 6.42 Å². The van der Waals surface area contributed by atoms with Crippen LogP contribution in [0.15, 0.2) is 6.20 Å².